The maximum Gasteiger partial charge on any atom is 0.491 e. The predicted molar refractivity (Wildman–Crippen MR) is 107 cm³/mol. The minimum atomic E-state index is -5.35. The summed E-state index contributed by atoms with van der Waals surface area (Å²) in [6, 6.07) is -1.59. The van der Waals surface area contributed by atoms with E-state index in [1.807, 2.05) is 0 Å². The number of hydrogen-bond acceptors (Lipinski definition) is 6. The Morgan fingerprint density at radius 2 is 1.88 bits per heavy atom. The van der Waals surface area contributed by atoms with Crippen molar-refractivity contribution in [3.63, 3.8) is 0 Å². The first-order valence-electron chi connectivity index (χ1n) is 10.7. The third-order valence-electron chi connectivity index (χ3n) is 5.72. The second kappa shape index (κ2) is 11.9. The second-order valence-electron chi connectivity index (χ2n) is 8.09. The monoisotopic (exact) mass is 459 g/mol. The fourth-order valence-corrected chi connectivity index (χ4v) is 3.89. The fraction of sp³-hybridized carbons (Fsp3) is 0.714. The van der Waals surface area contributed by atoms with Crippen LogP contribution in [0.3, 0.4) is 0 Å². The minimum Gasteiger partial charge on any atom is -0.385 e. The quantitative estimate of drug-likeness (QED) is 0.336. The highest BCUT2D eigenvalue weighted by atomic mass is 19.4. The van der Waals surface area contributed by atoms with E-state index in [4.69, 9.17) is 6.42 Å². The van der Waals surface area contributed by atoms with Gasteiger partial charge in [-0.2, -0.15) is 13.2 Å². The van der Waals surface area contributed by atoms with Crippen molar-refractivity contribution in [2.45, 2.75) is 57.2 Å². The molecule has 0 bridgehead atoms. The molecule has 0 spiro atoms. The summed E-state index contributed by atoms with van der Waals surface area (Å²) in [5.41, 5.74) is 0. The van der Waals surface area contributed by atoms with Crippen molar-refractivity contribution >= 4 is 23.8 Å². The molecule has 2 heterocycles. The number of nitrogens with one attached hydrogen (secondary N) is 2. The zero-order chi connectivity index (χ0) is 23.7. The summed E-state index contributed by atoms with van der Waals surface area (Å²) in [6.07, 6.45) is 3.60. The van der Waals surface area contributed by atoms with Crippen molar-refractivity contribution in [2.75, 3.05) is 26.2 Å². The molecule has 11 heteroatoms. The maximum atomic E-state index is 12.6. The normalized spacial score (nSPS) is 20.7. The number of alkyl halides is 3. The molecule has 178 valence electrons. The Kier molecular flexibility index (Phi) is 9.50. The number of halogens is 3. The molecular weight excluding hydrogens is 431 g/mol. The molecule has 0 saturated carbocycles. The zero-order valence-corrected chi connectivity index (χ0v) is 17.7. The van der Waals surface area contributed by atoms with Crippen LogP contribution in [0.1, 0.15) is 44.9 Å². The average molecular weight is 459 g/mol. The lowest BCUT2D eigenvalue weighted by atomic mass is 9.92. The van der Waals surface area contributed by atoms with Crippen molar-refractivity contribution in [1.29, 1.82) is 0 Å². The Labute approximate surface area is 184 Å². The highest BCUT2D eigenvalue weighted by Crippen LogP contribution is 2.22. The number of nitrogens with zero attached hydrogens (tertiary/aromatic N) is 1. The number of ether oxygens (including phenoxy) is 1. The van der Waals surface area contributed by atoms with Gasteiger partial charge in [0.05, 0.1) is 5.92 Å². The molecule has 0 aromatic rings. The Morgan fingerprint density at radius 1 is 1.19 bits per heavy atom. The summed E-state index contributed by atoms with van der Waals surface area (Å²) in [4.78, 5) is 49.6. The summed E-state index contributed by atoms with van der Waals surface area (Å²) < 4.78 is 40.7. The minimum absolute atomic E-state index is 0.0450. The lowest BCUT2D eigenvalue weighted by Gasteiger charge is -2.33. The van der Waals surface area contributed by atoms with Crippen LogP contribution in [0, 0.1) is 24.2 Å². The molecule has 8 nitrogen and oxygen atoms in total. The number of likely N-dealkylation sites (tertiary alicyclic amines) is 1. The van der Waals surface area contributed by atoms with Gasteiger partial charge in [0.25, 0.3) is 0 Å². The summed E-state index contributed by atoms with van der Waals surface area (Å²) in [5, 5.41) is 5.54. The van der Waals surface area contributed by atoms with E-state index in [0.717, 1.165) is 32.4 Å². The number of rotatable bonds is 7. The smallest absolute Gasteiger partial charge is 0.385 e. The standard InChI is InChI=1S/C21H28F3N3O5/c1-2-4-16(19(30)32-20(31)21(22,23)24)26-18(29)15-5-3-12-27(13-15)17(28)7-6-14-8-10-25-11-9-14/h1,14-16,25H,3-13H2,(H,26,29)/t15-,16+/m1/s1. The highest BCUT2D eigenvalue weighted by molar-refractivity contribution is 5.93. The number of hydrogen-bond donors (Lipinski definition) is 2. The molecule has 2 saturated heterocycles. The highest BCUT2D eigenvalue weighted by Gasteiger charge is 2.43. The average Bonchev–Trinajstić information content (AvgIpc) is 2.77. The fourth-order valence-electron chi connectivity index (χ4n) is 3.89. The van der Waals surface area contributed by atoms with Gasteiger partial charge in [-0.3, -0.25) is 9.59 Å². The molecule has 0 radical (unpaired) electrons. The third-order valence-corrected chi connectivity index (χ3v) is 5.72. The number of amides is 2. The van der Waals surface area contributed by atoms with E-state index in [2.05, 4.69) is 21.3 Å². The van der Waals surface area contributed by atoms with E-state index >= 15 is 0 Å². The summed E-state index contributed by atoms with van der Waals surface area (Å²) in [5.74, 6) is -3.01. The largest absolute Gasteiger partial charge is 0.491 e. The molecule has 0 aliphatic carbocycles. The van der Waals surface area contributed by atoms with Crippen LogP contribution in [0.15, 0.2) is 0 Å². The number of piperidine rings is 2. The van der Waals surface area contributed by atoms with Crippen molar-refractivity contribution < 1.29 is 37.1 Å². The summed E-state index contributed by atoms with van der Waals surface area (Å²) >= 11 is 0. The lowest BCUT2D eigenvalue weighted by Crippen LogP contribution is -2.50. The van der Waals surface area contributed by atoms with Gasteiger partial charge in [0.1, 0.15) is 6.04 Å². The van der Waals surface area contributed by atoms with Crippen molar-refractivity contribution in [3.05, 3.63) is 0 Å². The van der Waals surface area contributed by atoms with Crippen molar-refractivity contribution in [2.24, 2.45) is 11.8 Å². The molecule has 2 amide bonds. The first-order valence-corrected chi connectivity index (χ1v) is 10.7. The molecule has 2 atom stereocenters. The Hall–Kier alpha value is -2.61. The second-order valence-corrected chi connectivity index (χ2v) is 8.09. The van der Waals surface area contributed by atoms with E-state index in [1.165, 1.54) is 0 Å². The van der Waals surface area contributed by atoms with Crippen LogP contribution in [-0.2, 0) is 23.9 Å². The van der Waals surface area contributed by atoms with Crippen LogP contribution in [0.25, 0.3) is 0 Å². The number of carbonyl (C=O) groups is 4. The Morgan fingerprint density at radius 3 is 2.50 bits per heavy atom. The van der Waals surface area contributed by atoms with Crippen molar-refractivity contribution in [1.82, 2.24) is 15.5 Å². The molecule has 2 fully saturated rings. The van der Waals surface area contributed by atoms with Gasteiger partial charge in [0.2, 0.25) is 11.8 Å². The van der Waals surface area contributed by atoms with Crippen molar-refractivity contribution in [3.8, 4) is 12.3 Å². The molecule has 2 rings (SSSR count). The van der Waals surface area contributed by atoms with Gasteiger partial charge in [0, 0.05) is 25.9 Å². The van der Waals surface area contributed by atoms with Crippen LogP contribution in [-0.4, -0.2) is 67.1 Å². The van der Waals surface area contributed by atoms with E-state index < -0.39 is 42.4 Å². The summed E-state index contributed by atoms with van der Waals surface area (Å²) in [7, 11) is 0. The lowest BCUT2D eigenvalue weighted by molar-refractivity contribution is -0.202. The number of esters is 2. The van der Waals surface area contributed by atoms with Gasteiger partial charge < -0.3 is 20.3 Å². The van der Waals surface area contributed by atoms with Crippen LogP contribution in [0.5, 0.6) is 0 Å². The summed E-state index contributed by atoms with van der Waals surface area (Å²) in [6.45, 7) is 2.56. The number of terminal acetylenes is 1. The SMILES string of the molecule is C#CC[C@H](NC(=O)[C@@H]1CCCN(C(=O)CCC2CCNCC2)C1)C(=O)OC(=O)C(F)(F)F. The van der Waals surface area contributed by atoms with Gasteiger partial charge in [-0.15, -0.1) is 12.3 Å². The molecule has 2 N–H and O–H groups in total. The van der Waals surface area contributed by atoms with Gasteiger partial charge in [-0.05, 0) is 51.1 Å². The zero-order valence-electron chi connectivity index (χ0n) is 17.7. The maximum absolute atomic E-state index is 12.6. The van der Waals surface area contributed by atoms with Gasteiger partial charge in [-0.1, -0.05) is 0 Å². The van der Waals surface area contributed by atoms with Crippen LogP contribution in [0.2, 0.25) is 0 Å². The first kappa shape index (κ1) is 25.6. The molecule has 0 unspecified atom stereocenters. The topological polar surface area (TPSA) is 105 Å². The van der Waals surface area contributed by atoms with E-state index in [-0.39, 0.29) is 12.5 Å². The molecule has 2 aliphatic heterocycles. The molecule has 32 heavy (non-hydrogen) atoms. The van der Waals surface area contributed by atoms with Gasteiger partial charge in [0.15, 0.2) is 0 Å². The molecule has 0 aromatic carbocycles. The number of carbonyl (C=O) groups excluding carboxylic acids is 4. The van der Waals surface area contributed by atoms with Crippen LogP contribution < -0.4 is 10.6 Å². The molecular formula is C21H28F3N3O5. The third kappa shape index (κ3) is 7.82. The Bertz CT molecular complexity index is 744. The van der Waals surface area contributed by atoms with E-state index in [1.54, 1.807) is 4.90 Å². The molecule has 0 aromatic heterocycles. The predicted octanol–water partition coefficient (Wildman–Crippen LogP) is 1.14. The van der Waals surface area contributed by atoms with Crippen LogP contribution >= 0.6 is 0 Å². The van der Waals surface area contributed by atoms with Gasteiger partial charge in [-0.25, -0.2) is 9.59 Å². The van der Waals surface area contributed by atoms with Crippen LogP contribution in [0.4, 0.5) is 13.2 Å². The Balaban J connectivity index is 1.88. The molecule has 2 aliphatic rings. The van der Waals surface area contributed by atoms with Gasteiger partial charge >= 0.3 is 18.1 Å². The van der Waals surface area contributed by atoms with E-state index in [0.29, 0.717) is 31.7 Å². The first-order chi connectivity index (χ1) is 15.1. The van der Waals surface area contributed by atoms with E-state index in [9.17, 15) is 32.3 Å².